The molecule has 2 aliphatic rings. The fourth-order valence-corrected chi connectivity index (χ4v) is 5.85. The maximum atomic E-state index is 4.71. The van der Waals surface area contributed by atoms with Crippen molar-refractivity contribution in [2.75, 3.05) is 0 Å². The highest BCUT2D eigenvalue weighted by atomic mass is 15.0. The highest BCUT2D eigenvalue weighted by Crippen LogP contribution is 2.48. The molecule has 3 heterocycles. The largest absolute Gasteiger partial charge is 0.283 e. The lowest BCUT2D eigenvalue weighted by Gasteiger charge is -2.12. The zero-order valence-corrected chi connectivity index (χ0v) is 16.8. The average Bonchev–Trinajstić information content (AvgIpc) is 3.52. The Morgan fingerprint density at radius 1 is 0.613 bits per heavy atom. The first-order chi connectivity index (χ1) is 15.4. The van der Waals surface area contributed by atoms with Gasteiger partial charge < -0.3 is 0 Å². The van der Waals surface area contributed by atoms with Gasteiger partial charge in [-0.2, -0.15) is 0 Å². The van der Waals surface area contributed by atoms with Crippen molar-refractivity contribution in [2.24, 2.45) is 0 Å². The average molecular weight is 395 g/mol. The first-order valence-electron chi connectivity index (χ1n) is 10.8. The van der Waals surface area contributed by atoms with E-state index in [0.717, 1.165) is 24.1 Å². The number of hydrogen-bond donors (Lipinski definition) is 0. The molecule has 0 radical (unpaired) electrons. The van der Waals surface area contributed by atoms with E-state index in [1.807, 2.05) is 24.7 Å². The summed E-state index contributed by atoms with van der Waals surface area (Å²) in [5.41, 5.74) is 13.3. The summed E-state index contributed by atoms with van der Waals surface area (Å²) in [4.78, 5) is 9.36. The third kappa shape index (κ3) is 1.89. The van der Waals surface area contributed by atoms with Crippen molar-refractivity contribution in [3.05, 3.63) is 102 Å². The molecule has 31 heavy (non-hydrogen) atoms. The summed E-state index contributed by atoms with van der Waals surface area (Å²) in [6.45, 7) is 0. The molecule has 0 aliphatic heterocycles. The number of imidazole rings is 1. The SMILES string of the molecule is c1ccc2c(c1)Cc1c-2ccc2c1-c1cc3c(cc1C2)c1cccnc1n1ccnc31. The van der Waals surface area contributed by atoms with E-state index in [-0.39, 0.29) is 0 Å². The Morgan fingerprint density at radius 3 is 2.52 bits per heavy atom. The van der Waals surface area contributed by atoms with Gasteiger partial charge in [-0.15, -0.1) is 0 Å². The van der Waals surface area contributed by atoms with Crippen LogP contribution in [-0.2, 0) is 12.8 Å². The lowest BCUT2D eigenvalue weighted by Crippen LogP contribution is -1.94. The molecular weight excluding hydrogens is 378 g/mol. The minimum atomic E-state index is 0.967. The lowest BCUT2D eigenvalue weighted by atomic mass is 9.94. The minimum absolute atomic E-state index is 0.967. The fourth-order valence-electron chi connectivity index (χ4n) is 5.85. The van der Waals surface area contributed by atoms with Gasteiger partial charge in [-0.3, -0.25) is 4.40 Å². The molecule has 2 aliphatic carbocycles. The molecule has 0 saturated heterocycles. The number of nitrogens with zero attached hydrogens (tertiary/aromatic N) is 3. The molecule has 0 unspecified atom stereocenters. The van der Waals surface area contributed by atoms with Crippen molar-refractivity contribution in [2.45, 2.75) is 12.8 Å². The molecule has 8 rings (SSSR count). The number of fused-ring (bicyclic) bond motifs is 13. The van der Waals surface area contributed by atoms with E-state index in [2.05, 4.69) is 64.0 Å². The topological polar surface area (TPSA) is 30.2 Å². The zero-order chi connectivity index (χ0) is 20.1. The molecule has 0 fully saturated rings. The molecule has 0 atom stereocenters. The van der Waals surface area contributed by atoms with E-state index < -0.39 is 0 Å². The van der Waals surface area contributed by atoms with Crippen LogP contribution >= 0.6 is 0 Å². The molecule has 0 N–H and O–H groups in total. The Hall–Kier alpha value is -3.98. The first-order valence-corrected chi connectivity index (χ1v) is 10.8. The number of aromatic nitrogens is 3. The summed E-state index contributed by atoms with van der Waals surface area (Å²) in [7, 11) is 0. The Kier molecular flexibility index (Phi) is 2.74. The van der Waals surface area contributed by atoms with E-state index in [4.69, 9.17) is 4.98 Å². The minimum Gasteiger partial charge on any atom is -0.283 e. The lowest BCUT2D eigenvalue weighted by molar-refractivity contribution is 1.20. The van der Waals surface area contributed by atoms with Crippen LogP contribution in [0.2, 0.25) is 0 Å². The molecule has 0 spiro atoms. The molecule has 0 saturated carbocycles. The second-order valence-corrected chi connectivity index (χ2v) is 8.69. The van der Waals surface area contributed by atoms with Gasteiger partial charge in [0.2, 0.25) is 0 Å². The van der Waals surface area contributed by atoms with E-state index in [0.29, 0.717) is 0 Å². The van der Waals surface area contributed by atoms with E-state index in [1.54, 1.807) is 0 Å². The molecule has 0 amide bonds. The number of pyridine rings is 2. The monoisotopic (exact) mass is 395 g/mol. The summed E-state index contributed by atoms with van der Waals surface area (Å²) in [6.07, 6.45) is 7.76. The van der Waals surface area contributed by atoms with Gasteiger partial charge >= 0.3 is 0 Å². The van der Waals surface area contributed by atoms with E-state index in [9.17, 15) is 0 Å². The van der Waals surface area contributed by atoms with Gasteiger partial charge in [-0.05, 0) is 87.0 Å². The summed E-state index contributed by atoms with van der Waals surface area (Å²) in [6, 6.07) is 22.5. The Morgan fingerprint density at radius 2 is 1.52 bits per heavy atom. The number of rotatable bonds is 0. The predicted molar refractivity (Wildman–Crippen MR) is 124 cm³/mol. The molecule has 6 aromatic rings. The van der Waals surface area contributed by atoms with Crippen molar-refractivity contribution in [3.8, 4) is 22.3 Å². The summed E-state index contributed by atoms with van der Waals surface area (Å²) < 4.78 is 2.12. The van der Waals surface area contributed by atoms with Crippen molar-refractivity contribution < 1.29 is 0 Å². The van der Waals surface area contributed by atoms with E-state index >= 15 is 0 Å². The van der Waals surface area contributed by atoms with Crippen LogP contribution in [0.4, 0.5) is 0 Å². The van der Waals surface area contributed by atoms with Gasteiger partial charge in [-0.1, -0.05) is 36.4 Å². The Balaban J connectivity index is 1.48. The van der Waals surface area contributed by atoms with Crippen molar-refractivity contribution in [1.29, 1.82) is 0 Å². The fraction of sp³-hybridized carbons (Fsp3) is 0.0714. The standard InChI is InChI=1S/C28H17N3/c1-2-5-19-16(4-1)13-24-20(19)8-7-17-12-18-14-23-21-6-3-9-29-27(21)31-11-10-30-28(31)25(23)15-22(18)26(17)24/h1-11,14-15H,12-13H2. The second kappa shape index (κ2) is 5.38. The highest BCUT2D eigenvalue weighted by Gasteiger charge is 2.29. The summed E-state index contributed by atoms with van der Waals surface area (Å²) in [5, 5.41) is 3.62. The van der Waals surface area contributed by atoms with E-state index in [1.165, 1.54) is 60.7 Å². The maximum Gasteiger partial charge on any atom is 0.146 e. The maximum absolute atomic E-state index is 4.71. The molecular formula is C28H17N3. The van der Waals surface area contributed by atoms with Crippen molar-refractivity contribution in [1.82, 2.24) is 14.4 Å². The molecule has 3 aromatic carbocycles. The molecule has 0 bridgehead atoms. The van der Waals surface area contributed by atoms with Crippen LogP contribution in [0.3, 0.4) is 0 Å². The number of benzene rings is 3. The first kappa shape index (κ1) is 15.8. The van der Waals surface area contributed by atoms with Crippen LogP contribution in [0, 0.1) is 0 Å². The highest BCUT2D eigenvalue weighted by molar-refractivity contribution is 6.13. The van der Waals surface area contributed by atoms with Crippen LogP contribution in [0.25, 0.3) is 49.7 Å². The molecule has 3 aromatic heterocycles. The number of hydrogen-bond acceptors (Lipinski definition) is 2. The van der Waals surface area contributed by atoms with Gasteiger partial charge in [0.05, 0.1) is 0 Å². The van der Waals surface area contributed by atoms with Gasteiger partial charge in [0, 0.05) is 29.4 Å². The third-order valence-electron chi connectivity index (χ3n) is 7.15. The van der Waals surface area contributed by atoms with Crippen molar-refractivity contribution in [3.63, 3.8) is 0 Å². The zero-order valence-electron chi connectivity index (χ0n) is 16.8. The normalized spacial score (nSPS) is 13.5. The third-order valence-corrected chi connectivity index (χ3v) is 7.15. The van der Waals surface area contributed by atoms with Gasteiger partial charge in [0.1, 0.15) is 11.3 Å². The van der Waals surface area contributed by atoms with Gasteiger partial charge in [0.15, 0.2) is 0 Å². The van der Waals surface area contributed by atoms with Crippen LogP contribution in [0.5, 0.6) is 0 Å². The predicted octanol–water partition coefficient (Wildman–Crippen LogP) is 6.18. The van der Waals surface area contributed by atoms with Crippen LogP contribution in [0.15, 0.2) is 79.3 Å². The van der Waals surface area contributed by atoms with Gasteiger partial charge in [0.25, 0.3) is 0 Å². The Bertz CT molecular complexity index is 1740. The summed E-state index contributed by atoms with van der Waals surface area (Å²) in [5.74, 6) is 0. The molecule has 3 nitrogen and oxygen atoms in total. The molecule has 3 heteroatoms. The van der Waals surface area contributed by atoms with Crippen molar-refractivity contribution >= 4 is 27.5 Å². The van der Waals surface area contributed by atoms with Gasteiger partial charge in [-0.25, -0.2) is 9.97 Å². The molecule has 144 valence electrons. The van der Waals surface area contributed by atoms with Crippen LogP contribution in [-0.4, -0.2) is 14.4 Å². The Labute approximate surface area is 178 Å². The second-order valence-electron chi connectivity index (χ2n) is 8.69. The smallest absolute Gasteiger partial charge is 0.146 e. The summed E-state index contributed by atoms with van der Waals surface area (Å²) >= 11 is 0. The quantitative estimate of drug-likeness (QED) is 0.287. The van der Waals surface area contributed by atoms with Crippen LogP contribution < -0.4 is 0 Å². The van der Waals surface area contributed by atoms with Crippen LogP contribution in [0.1, 0.15) is 22.3 Å².